The lowest BCUT2D eigenvalue weighted by Gasteiger charge is -2.13. The Kier molecular flexibility index (Phi) is 6.10. The predicted molar refractivity (Wildman–Crippen MR) is 105 cm³/mol. The molecular weight excluding hydrogens is 430 g/mol. The third-order valence-corrected chi connectivity index (χ3v) is 4.31. The van der Waals surface area contributed by atoms with Crippen molar-refractivity contribution in [2.24, 2.45) is 5.16 Å². The van der Waals surface area contributed by atoms with Gasteiger partial charge in [0.2, 0.25) is 0 Å². The maximum absolute atomic E-state index is 12.2. The molecule has 144 valence electrons. The molecule has 28 heavy (non-hydrogen) atoms. The van der Waals surface area contributed by atoms with Crippen molar-refractivity contribution in [3.05, 3.63) is 63.6 Å². The number of aliphatic carboxylic acids is 1. The summed E-state index contributed by atoms with van der Waals surface area (Å²) in [7, 11) is 0. The number of benzene rings is 2. The number of halogens is 1. The average molecular weight is 446 g/mol. The Labute approximate surface area is 169 Å². The number of carboxylic acids is 1. The lowest BCUT2D eigenvalue weighted by atomic mass is 10.0. The van der Waals surface area contributed by atoms with Gasteiger partial charge in [0.1, 0.15) is 5.71 Å². The number of carbonyl (C=O) groups excluding carboxylic acids is 1. The number of hydrogen-bond donors (Lipinski definition) is 1. The summed E-state index contributed by atoms with van der Waals surface area (Å²) in [5.41, 5.74) is 2.13. The van der Waals surface area contributed by atoms with E-state index in [2.05, 4.69) is 21.1 Å². The zero-order valence-corrected chi connectivity index (χ0v) is 16.4. The van der Waals surface area contributed by atoms with Crippen LogP contribution in [0.1, 0.15) is 18.1 Å². The smallest absolute Gasteiger partial charge is 0.368 e. The van der Waals surface area contributed by atoms with Crippen LogP contribution in [-0.4, -0.2) is 36.0 Å². The van der Waals surface area contributed by atoms with Crippen LogP contribution in [-0.2, 0) is 14.4 Å². The van der Waals surface area contributed by atoms with Crippen molar-refractivity contribution >= 4 is 39.7 Å². The highest BCUT2D eigenvalue weighted by Gasteiger charge is 2.27. The molecule has 0 aromatic heterocycles. The number of nitrogens with zero attached hydrogens (tertiary/aromatic N) is 1. The van der Waals surface area contributed by atoms with Crippen LogP contribution in [0.5, 0.6) is 11.5 Å². The van der Waals surface area contributed by atoms with Gasteiger partial charge in [0, 0.05) is 5.56 Å². The molecule has 0 spiro atoms. The van der Waals surface area contributed by atoms with E-state index in [0.29, 0.717) is 33.7 Å². The van der Waals surface area contributed by atoms with Crippen molar-refractivity contribution in [2.45, 2.75) is 6.92 Å². The van der Waals surface area contributed by atoms with Gasteiger partial charge in [-0.3, -0.25) is 0 Å². The molecule has 1 aliphatic rings. The molecule has 3 rings (SSSR count). The second-order valence-electron chi connectivity index (χ2n) is 5.69. The van der Waals surface area contributed by atoms with E-state index >= 15 is 0 Å². The lowest BCUT2D eigenvalue weighted by Crippen LogP contribution is -2.11. The maximum atomic E-state index is 12.2. The van der Waals surface area contributed by atoms with Gasteiger partial charge in [0.25, 0.3) is 0 Å². The van der Waals surface area contributed by atoms with Gasteiger partial charge in [-0.2, -0.15) is 0 Å². The number of oxime groups is 1. The Morgan fingerprint density at radius 2 is 2.00 bits per heavy atom. The fourth-order valence-electron chi connectivity index (χ4n) is 2.59. The Bertz CT molecular complexity index is 968. The summed E-state index contributed by atoms with van der Waals surface area (Å²) in [6.45, 7) is 1.65. The molecule has 0 amide bonds. The largest absolute Gasteiger partial charge is 0.490 e. The summed E-state index contributed by atoms with van der Waals surface area (Å²) >= 11 is 3.37. The second-order valence-corrected chi connectivity index (χ2v) is 6.54. The first-order chi connectivity index (χ1) is 13.5. The molecule has 1 N–H and O–H groups in total. The van der Waals surface area contributed by atoms with Crippen molar-refractivity contribution in [1.82, 2.24) is 0 Å². The Hall–Kier alpha value is -3.13. The highest BCUT2D eigenvalue weighted by molar-refractivity contribution is 9.10. The molecule has 1 aliphatic heterocycles. The molecule has 2 aromatic carbocycles. The zero-order chi connectivity index (χ0) is 20.1. The molecule has 0 saturated carbocycles. The first kappa shape index (κ1) is 19.6. The third-order valence-electron chi connectivity index (χ3n) is 3.72. The topological polar surface area (TPSA) is 94.4 Å². The number of carboxylic acid groups (broad SMARTS) is 1. The van der Waals surface area contributed by atoms with E-state index < -0.39 is 18.5 Å². The summed E-state index contributed by atoms with van der Waals surface area (Å²) in [5, 5.41) is 12.7. The maximum Gasteiger partial charge on any atom is 0.368 e. The van der Waals surface area contributed by atoms with Gasteiger partial charge in [0.15, 0.2) is 18.1 Å². The minimum atomic E-state index is -1.10. The molecule has 1 heterocycles. The molecule has 0 fully saturated rings. The summed E-state index contributed by atoms with van der Waals surface area (Å²) in [4.78, 5) is 27.8. The molecule has 0 radical (unpaired) electrons. The standard InChI is InChI=1S/C20H16BrNO6/c1-2-26-16-10-12(9-15(21)19(16)27-11-17(23)24)8-14-18(22-28-20(14)25)13-6-4-3-5-7-13/h3-10H,2,11H2,1H3,(H,23,24)/b14-8-. The van der Waals surface area contributed by atoms with Gasteiger partial charge in [0.05, 0.1) is 16.7 Å². The SMILES string of the molecule is CCOc1cc(/C=C2\C(=O)ON=C2c2ccccc2)cc(Br)c1OCC(=O)O. The quantitative estimate of drug-likeness (QED) is 0.516. The van der Waals surface area contributed by atoms with Crippen LogP contribution in [0.3, 0.4) is 0 Å². The van der Waals surface area contributed by atoms with E-state index in [4.69, 9.17) is 19.4 Å². The Balaban J connectivity index is 1.99. The van der Waals surface area contributed by atoms with Gasteiger partial charge in [-0.15, -0.1) is 0 Å². The molecule has 7 nitrogen and oxygen atoms in total. The second kappa shape index (κ2) is 8.71. The molecule has 0 unspecified atom stereocenters. The highest BCUT2D eigenvalue weighted by atomic mass is 79.9. The number of ether oxygens (including phenoxy) is 2. The molecule has 8 heteroatoms. The first-order valence-electron chi connectivity index (χ1n) is 8.37. The van der Waals surface area contributed by atoms with Crippen molar-refractivity contribution in [3.63, 3.8) is 0 Å². The summed E-state index contributed by atoms with van der Waals surface area (Å²) in [6.07, 6.45) is 1.63. The molecule has 0 bridgehead atoms. The van der Waals surface area contributed by atoms with E-state index in [-0.39, 0.29) is 5.75 Å². The van der Waals surface area contributed by atoms with Crippen molar-refractivity contribution < 1.29 is 29.0 Å². The third kappa shape index (κ3) is 4.40. The van der Waals surface area contributed by atoms with E-state index in [9.17, 15) is 9.59 Å². The Morgan fingerprint density at radius 3 is 2.68 bits per heavy atom. The van der Waals surface area contributed by atoms with Crippen LogP contribution >= 0.6 is 15.9 Å². The number of rotatable bonds is 7. The van der Waals surface area contributed by atoms with Crippen LogP contribution in [0.15, 0.2) is 57.7 Å². The number of hydrogen-bond acceptors (Lipinski definition) is 6. The van der Waals surface area contributed by atoms with Crippen molar-refractivity contribution in [3.8, 4) is 11.5 Å². The van der Waals surface area contributed by atoms with Gasteiger partial charge in [-0.1, -0.05) is 35.5 Å². The fourth-order valence-corrected chi connectivity index (χ4v) is 3.16. The van der Waals surface area contributed by atoms with E-state index in [1.807, 2.05) is 30.3 Å². The monoisotopic (exact) mass is 445 g/mol. The number of carbonyl (C=O) groups is 2. The summed E-state index contributed by atoms with van der Waals surface area (Å²) in [5.74, 6) is -1.02. The van der Waals surface area contributed by atoms with Gasteiger partial charge >= 0.3 is 11.9 Å². The van der Waals surface area contributed by atoms with Gasteiger partial charge in [-0.25, -0.2) is 9.59 Å². The zero-order valence-electron chi connectivity index (χ0n) is 14.8. The van der Waals surface area contributed by atoms with Crippen LogP contribution in [0.2, 0.25) is 0 Å². The lowest BCUT2D eigenvalue weighted by molar-refractivity contribution is -0.139. The minimum absolute atomic E-state index is 0.275. The van der Waals surface area contributed by atoms with E-state index in [0.717, 1.165) is 5.56 Å². The fraction of sp³-hybridized carbons (Fsp3) is 0.150. The van der Waals surface area contributed by atoms with Crippen LogP contribution in [0, 0.1) is 0 Å². The van der Waals surface area contributed by atoms with Crippen LogP contribution in [0.25, 0.3) is 6.08 Å². The Morgan fingerprint density at radius 1 is 1.25 bits per heavy atom. The van der Waals surface area contributed by atoms with Crippen LogP contribution in [0.4, 0.5) is 0 Å². The first-order valence-corrected chi connectivity index (χ1v) is 9.16. The average Bonchev–Trinajstić information content (AvgIpc) is 3.02. The molecule has 0 saturated heterocycles. The van der Waals surface area contributed by atoms with Gasteiger partial charge in [-0.05, 0) is 46.6 Å². The van der Waals surface area contributed by atoms with Crippen molar-refractivity contribution in [2.75, 3.05) is 13.2 Å². The van der Waals surface area contributed by atoms with Crippen LogP contribution < -0.4 is 9.47 Å². The van der Waals surface area contributed by atoms with E-state index in [1.165, 1.54) is 0 Å². The molecule has 0 atom stereocenters. The van der Waals surface area contributed by atoms with Crippen molar-refractivity contribution in [1.29, 1.82) is 0 Å². The summed E-state index contributed by atoms with van der Waals surface area (Å²) in [6, 6.07) is 12.6. The molecule has 0 aliphatic carbocycles. The predicted octanol–water partition coefficient (Wildman–Crippen LogP) is 3.66. The normalized spacial score (nSPS) is 14.6. The molecule has 2 aromatic rings. The van der Waals surface area contributed by atoms with E-state index in [1.54, 1.807) is 25.1 Å². The molecular formula is C20H16BrNO6. The highest BCUT2D eigenvalue weighted by Crippen LogP contribution is 2.38. The van der Waals surface area contributed by atoms with Gasteiger partial charge < -0.3 is 19.4 Å². The summed E-state index contributed by atoms with van der Waals surface area (Å²) < 4.78 is 11.4. The minimum Gasteiger partial charge on any atom is -0.490 e.